The molecule has 0 bridgehead atoms. The lowest BCUT2D eigenvalue weighted by Gasteiger charge is -2.42. The molecule has 0 aromatic heterocycles. The Balaban J connectivity index is 1.59. The summed E-state index contributed by atoms with van der Waals surface area (Å²) in [6, 6.07) is 13.6. The zero-order valence-electron chi connectivity index (χ0n) is 17.0. The van der Waals surface area contributed by atoms with E-state index in [1.165, 1.54) is 0 Å². The van der Waals surface area contributed by atoms with Crippen molar-refractivity contribution in [3.8, 4) is 11.5 Å². The zero-order valence-corrected chi connectivity index (χ0v) is 17.8. The fourth-order valence-electron chi connectivity index (χ4n) is 4.23. The minimum absolute atomic E-state index is 0.0931. The van der Waals surface area contributed by atoms with Gasteiger partial charge in [0.15, 0.2) is 11.5 Å². The van der Waals surface area contributed by atoms with E-state index >= 15 is 0 Å². The van der Waals surface area contributed by atoms with Gasteiger partial charge in [-0.15, -0.1) is 0 Å². The lowest BCUT2D eigenvalue weighted by atomic mass is 9.63. The van der Waals surface area contributed by atoms with Crippen LogP contribution in [-0.4, -0.2) is 19.1 Å². The molecular formula is C24H28ClNO3. The van der Waals surface area contributed by atoms with Crippen molar-refractivity contribution in [2.75, 3.05) is 13.2 Å². The highest BCUT2D eigenvalue weighted by atomic mass is 35.5. The fraction of sp³-hybridized carbons (Fsp3) is 0.458. The van der Waals surface area contributed by atoms with Gasteiger partial charge in [-0.1, -0.05) is 50.1 Å². The van der Waals surface area contributed by atoms with Gasteiger partial charge >= 0.3 is 0 Å². The van der Waals surface area contributed by atoms with Crippen molar-refractivity contribution in [1.29, 1.82) is 0 Å². The Morgan fingerprint density at radius 3 is 2.31 bits per heavy atom. The fourth-order valence-corrected chi connectivity index (χ4v) is 4.36. The van der Waals surface area contributed by atoms with Crippen LogP contribution in [0.3, 0.4) is 0 Å². The first-order valence-corrected chi connectivity index (χ1v) is 10.8. The number of carbonyl (C=O) groups excluding carboxylic acids is 1. The topological polar surface area (TPSA) is 47.6 Å². The number of ether oxygens (including phenoxy) is 2. The first kappa shape index (κ1) is 20.1. The van der Waals surface area contributed by atoms with Crippen LogP contribution in [0.1, 0.15) is 56.7 Å². The molecule has 29 heavy (non-hydrogen) atoms. The summed E-state index contributed by atoms with van der Waals surface area (Å²) in [5.41, 5.74) is 1.64. The van der Waals surface area contributed by atoms with Gasteiger partial charge in [-0.2, -0.15) is 0 Å². The monoisotopic (exact) mass is 413 g/mol. The number of fused-ring (bicyclic) bond motifs is 1. The molecule has 0 saturated heterocycles. The minimum atomic E-state index is -0.455. The van der Waals surface area contributed by atoms with Crippen LogP contribution in [0.5, 0.6) is 11.5 Å². The SMILES string of the molecule is CC(C)[C@H](NC(=O)C1(c2ccc(Cl)cc2)CCC1)c1ccc2c(c1)OCCCO2. The molecule has 2 aromatic carbocycles. The van der Waals surface area contributed by atoms with E-state index in [0.29, 0.717) is 18.2 Å². The predicted octanol–water partition coefficient (Wildman–Crippen LogP) is 5.44. The number of hydrogen-bond acceptors (Lipinski definition) is 3. The number of halogens is 1. The van der Waals surface area contributed by atoms with Crippen molar-refractivity contribution < 1.29 is 14.3 Å². The Bertz CT molecular complexity index is 874. The van der Waals surface area contributed by atoms with E-state index in [2.05, 4.69) is 19.2 Å². The maximum absolute atomic E-state index is 13.5. The zero-order chi connectivity index (χ0) is 20.4. The number of carbonyl (C=O) groups is 1. The lowest BCUT2D eigenvalue weighted by Crippen LogP contribution is -2.50. The molecule has 0 unspecified atom stereocenters. The first-order chi connectivity index (χ1) is 14.0. The molecule has 1 saturated carbocycles. The van der Waals surface area contributed by atoms with Gasteiger partial charge in [-0.05, 0) is 54.2 Å². The molecule has 4 nitrogen and oxygen atoms in total. The molecule has 1 aliphatic carbocycles. The molecule has 2 aromatic rings. The summed E-state index contributed by atoms with van der Waals surface area (Å²) in [6.07, 6.45) is 3.67. The normalized spacial score (nSPS) is 18.5. The van der Waals surface area contributed by atoms with Crippen LogP contribution in [0.15, 0.2) is 42.5 Å². The molecule has 5 heteroatoms. The first-order valence-electron chi connectivity index (χ1n) is 10.5. The predicted molar refractivity (Wildman–Crippen MR) is 115 cm³/mol. The van der Waals surface area contributed by atoms with Gasteiger partial charge in [0.1, 0.15) is 0 Å². The third-order valence-electron chi connectivity index (χ3n) is 6.12. The van der Waals surface area contributed by atoms with Crippen LogP contribution in [0.25, 0.3) is 0 Å². The van der Waals surface area contributed by atoms with E-state index in [1.807, 2.05) is 42.5 Å². The Kier molecular flexibility index (Phi) is 5.73. The highest BCUT2D eigenvalue weighted by Gasteiger charge is 2.46. The van der Waals surface area contributed by atoms with E-state index in [1.54, 1.807) is 0 Å². The van der Waals surface area contributed by atoms with Crippen molar-refractivity contribution >= 4 is 17.5 Å². The molecule has 1 N–H and O–H groups in total. The highest BCUT2D eigenvalue weighted by molar-refractivity contribution is 6.30. The molecule has 2 aliphatic rings. The summed E-state index contributed by atoms with van der Waals surface area (Å²) < 4.78 is 11.6. The number of nitrogens with one attached hydrogen (secondary N) is 1. The van der Waals surface area contributed by atoms with E-state index < -0.39 is 5.41 Å². The van der Waals surface area contributed by atoms with Crippen molar-refractivity contribution in [2.24, 2.45) is 5.92 Å². The van der Waals surface area contributed by atoms with E-state index in [4.69, 9.17) is 21.1 Å². The Hall–Kier alpha value is -2.20. The van der Waals surface area contributed by atoms with Crippen molar-refractivity contribution in [3.63, 3.8) is 0 Å². The van der Waals surface area contributed by atoms with Gasteiger partial charge < -0.3 is 14.8 Å². The van der Waals surface area contributed by atoms with Crippen molar-refractivity contribution in [3.05, 3.63) is 58.6 Å². The summed E-state index contributed by atoms with van der Waals surface area (Å²) in [7, 11) is 0. The summed E-state index contributed by atoms with van der Waals surface area (Å²) in [6.45, 7) is 5.57. The second-order valence-electron chi connectivity index (χ2n) is 8.39. The Morgan fingerprint density at radius 2 is 1.69 bits per heavy atom. The number of amides is 1. The molecule has 154 valence electrons. The van der Waals surface area contributed by atoms with Crippen LogP contribution in [0.4, 0.5) is 0 Å². The van der Waals surface area contributed by atoms with Crippen LogP contribution in [0, 0.1) is 5.92 Å². The number of benzene rings is 2. The average molecular weight is 414 g/mol. The Morgan fingerprint density at radius 1 is 1.00 bits per heavy atom. The number of rotatable bonds is 5. The maximum Gasteiger partial charge on any atom is 0.231 e. The van der Waals surface area contributed by atoms with Crippen LogP contribution < -0.4 is 14.8 Å². The van der Waals surface area contributed by atoms with Gasteiger partial charge in [0.2, 0.25) is 5.91 Å². The summed E-state index contributed by atoms with van der Waals surface area (Å²) in [5, 5.41) is 4.03. The van der Waals surface area contributed by atoms with Gasteiger partial charge in [-0.25, -0.2) is 0 Å². The van der Waals surface area contributed by atoms with E-state index in [0.717, 1.165) is 48.3 Å². The summed E-state index contributed by atoms with van der Waals surface area (Å²) >= 11 is 6.06. The molecule has 4 rings (SSSR count). The van der Waals surface area contributed by atoms with Crippen LogP contribution in [-0.2, 0) is 10.2 Å². The second kappa shape index (κ2) is 8.27. The minimum Gasteiger partial charge on any atom is -0.490 e. The third kappa shape index (κ3) is 3.95. The summed E-state index contributed by atoms with van der Waals surface area (Å²) in [4.78, 5) is 13.5. The highest BCUT2D eigenvalue weighted by Crippen LogP contribution is 2.45. The van der Waals surface area contributed by atoms with Crippen molar-refractivity contribution in [1.82, 2.24) is 5.32 Å². The molecule has 0 spiro atoms. The second-order valence-corrected chi connectivity index (χ2v) is 8.83. The number of hydrogen-bond donors (Lipinski definition) is 1. The standard InChI is InChI=1S/C24H28ClNO3/c1-16(2)22(17-5-10-20-21(15-17)29-14-4-13-28-20)26-23(27)24(11-3-12-24)18-6-8-19(25)9-7-18/h5-10,15-16,22H,3-4,11-14H2,1-2H3,(H,26,27)/t22-/m0/s1. The van der Waals surface area contributed by atoms with Gasteiger partial charge in [-0.3, -0.25) is 4.79 Å². The molecular weight excluding hydrogens is 386 g/mol. The lowest BCUT2D eigenvalue weighted by molar-refractivity contribution is -0.131. The van der Waals surface area contributed by atoms with E-state index in [9.17, 15) is 4.79 Å². The molecule has 1 aliphatic heterocycles. The van der Waals surface area contributed by atoms with Gasteiger partial charge in [0.05, 0.1) is 24.7 Å². The molecule has 1 amide bonds. The quantitative estimate of drug-likeness (QED) is 0.710. The summed E-state index contributed by atoms with van der Waals surface area (Å²) in [5.74, 6) is 1.87. The molecule has 1 fully saturated rings. The van der Waals surface area contributed by atoms with Crippen LogP contribution in [0.2, 0.25) is 5.02 Å². The van der Waals surface area contributed by atoms with Gasteiger partial charge in [0, 0.05) is 11.4 Å². The molecule has 1 atom stereocenters. The largest absolute Gasteiger partial charge is 0.490 e. The van der Waals surface area contributed by atoms with Gasteiger partial charge in [0.25, 0.3) is 0 Å². The molecule has 0 radical (unpaired) electrons. The smallest absolute Gasteiger partial charge is 0.231 e. The molecule has 1 heterocycles. The Labute approximate surface area is 177 Å². The van der Waals surface area contributed by atoms with Crippen LogP contribution >= 0.6 is 11.6 Å². The maximum atomic E-state index is 13.5. The average Bonchev–Trinajstić information content (AvgIpc) is 2.91. The van der Waals surface area contributed by atoms with Crippen molar-refractivity contribution in [2.45, 2.75) is 51.0 Å². The third-order valence-corrected chi connectivity index (χ3v) is 6.37. The van der Waals surface area contributed by atoms with E-state index in [-0.39, 0.29) is 17.9 Å².